The number of carbonyl (C=O) groups excluding carboxylic acids is 1. The van der Waals surface area contributed by atoms with Gasteiger partial charge < -0.3 is 10.6 Å². The van der Waals surface area contributed by atoms with E-state index in [1.165, 1.54) is 17.5 Å². The first-order valence-corrected chi connectivity index (χ1v) is 7.19. The molecule has 2 aliphatic rings. The average molecular weight is 258 g/mol. The SMILES string of the molecule is CC(C)C1(N)CN(C(=O)c2ccc3c(c2)CCC3)C1. The van der Waals surface area contributed by atoms with Gasteiger partial charge in [-0.05, 0) is 48.4 Å². The van der Waals surface area contributed by atoms with Crippen molar-refractivity contribution in [2.75, 3.05) is 13.1 Å². The molecule has 0 saturated carbocycles. The first-order chi connectivity index (χ1) is 8.99. The predicted octanol–water partition coefficient (Wildman–Crippen LogP) is 1.98. The Morgan fingerprint density at radius 3 is 2.63 bits per heavy atom. The highest BCUT2D eigenvalue weighted by Crippen LogP contribution is 2.29. The van der Waals surface area contributed by atoms with E-state index >= 15 is 0 Å². The maximum absolute atomic E-state index is 12.4. The molecule has 0 bridgehead atoms. The van der Waals surface area contributed by atoms with E-state index in [9.17, 15) is 4.79 Å². The van der Waals surface area contributed by atoms with Crippen LogP contribution in [0, 0.1) is 5.92 Å². The van der Waals surface area contributed by atoms with Gasteiger partial charge in [0.05, 0.1) is 5.54 Å². The Bertz CT molecular complexity index is 515. The lowest BCUT2D eigenvalue weighted by Gasteiger charge is -2.50. The Morgan fingerprint density at radius 1 is 1.26 bits per heavy atom. The number of likely N-dealkylation sites (tertiary alicyclic amines) is 1. The number of carbonyl (C=O) groups is 1. The highest BCUT2D eigenvalue weighted by atomic mass is 16.2. The molecule has 3 nitrogen and oxygen atoms in total. The number of amides is 1. The molecule has 1 saturated heterocycles. The number of nitrogens with zero attached hydrogens (tertiary/aromatic N) is 1. The quantitative estimate of drug-likeness (QED) is 0.881. The lowest BCUT2D eigenvalue weighted by molar-refractivity contribution is 0.0275. The topological polar surface area (TPSA) is 46.3 Å². The molecular formula is C16H22N2O. The fourth-order valence-corrected chi connectivity index (χ4v) is 3.06. The van der Waals surface area contributed by atoms with Crippen LogP contribution in [0.4, 0.5) is 0 Å². The number of hydrogen-bond donors (Lipinski definition) is 1. The van der Waals surface area contributed by atoms with Crippen molar-refractivity contribution >= 4 is 5.91 Å². The van der Waals surface area contributed by atoms with Crippen molar-refractivity contribution in [3.63, 3.8) is 0 Å². The monoisotopic (exact) mass is 258 g/mol. The molecule has 0 spiro atoms. The zero-order valence-corrected chi connectivity index (χ0v) is 11.8. The highest BCUT2D eigenvalue weighted by molar-refractivity contribution is 5.95. The molecule has 1 aliphatic heterocycles. The van der Waals surface area contributed by atoms with Crippen LogP contribution in [-0.2, 0) is 12.8 Å². The van der Waals surface area contributed by atoms with E-state index in [0.29, 0.717) is 19.0 Å². The summed E-state index contributed by atoms with van der Waals surface area (Å²) in [5.74, 6) is 0.549. The van der Waals surface area contributed by atoms with Crippen LogP contribution in [0.2, 0.25) is 0 Å². The third-order valence-corrected chi connectivity index (χ3v) is 4.75. The molecule has 1 aromatic rings. The standard InChI is InChI=1S/C16H22N2O/c1-11(2)16(17)9-18(10-16)15(19)14-7-6-12-4-3-5-13(12)8-14/h6-8,11H,3-5,9-10,17H2,1-2H3. The van der Waals surface area contributed by atoms with Gasteiger partial charge in [-0.2, -0.15) is 0 Å². The minimum absolute atomic E-state index is 0.136. The third kappa shape index (κ3) is 2.06. The van der Waals surface area contributed by atoms with Crippen LogP contribution in [0.5, 0.6) is 0 Å². The first kappa shape index (κ1) is 12.7. The van der Waals surface area contributed by atoms with Crippen LogP contribution >= 0.6 is 0 Å². The van der Waals surface area contributed by atoms with E-state index in [4.69, 9.17) is 5.73 Å². The smallest absolute Gasteiger partial charge is 0.253 e. The van der Waals surface area contributed by atoms with E-state index < -0.39 is 0 Å². The zero-order valence-electron chi connectivity index (χ0n) is 11.8. The van der Waals surface area contributed by atoms with Gasteiger partial charge in [0.25, 0.3) is 5.91 Å². The normalized spacial score (nSPS) is 20.3. The molecule has 19 heavy (non-hydrogen) atoms. The predicted molar refractivity (Wildman–Crippen MR) is 76.1 cm³/mol. The number of rotatable bonds is 2. The molecule has 3 rings (SSSR count). The summed E-state index contributed by atoms with van der Waals surface area (Å²) in [5.41, 5.74) is 9.65. The number of hydrogen-bond acceptors (Lipinski definition) is 2. The molecule has 0 aromatic heterocycles. The molecule has 0 atom stereocenters. The van der Waals surface area contributed by atoms with E-state index in [1.807, 2.05) is 11.0 Å². The van der Waals surface area contributed by atoms with Gasteiger partial charge in [0.15, 0.2) is 0 Å². The molecule has 0 unspecified atom stereocenters. The van der Waals surface area contributed by atoms with Gasteiger partial charge in [0, 0.05) is 18.7 Å². The number of fused-ring (bicyclic) bond motifs is 1. The summed E-state index contributed by atoms with van der Waals surface area (Å²) < 4.78 is 0. The Labute approximate surface area is 114 Å². The second-order valence-electron chi connectivity index (χ2n) is 6.39. The van der Waals surface area contributed by atoms with Crippen LogP contribution < -0.4 is 5.73 Å². The average Bonchev–Trinajstić information content (AvgIpc) is 2.80. The van der Waals surface area contributed by atoms with Crippen LogP contribution in [0.1, 0.15) is 41.8 Å². The van der Waals surface area contributed by atoms with Gasteiger partial charge in [0.1, 0.15) is 0 Å². The maximum atomic E-state index is 12.4. The van der Waals surface area contributed by atoms with Crippen molar-refractivity contribution in [3.8, 4) is 0 Å². The Balaban J connectivity index is 1.72. The fraction of sp³-hybridized carbons (Fsp3) is 0.562. The molecule has 1 aromatic carbocycles. The molecular weight excluding hydrogens is 236 g/mol. The molecule has 102 valence electrons. The largest absolute Gasteiger partial charge is 0.335 e. The highest BCUT2D eigenvalue weighted by Gasteiger charge is 2.44. The molecule has 2 N–H and O–H groups in total. The van der Waals surface area contributed by atoms with Crippen molar-refractivity contribution in [1.29, 1.82) is 0 Å². The van der Waals surface area contributed by atoms with Crippen molar-refractivity contribution in [2.24, 2.45) is 11.7 Å². The maximum Gasteiger partial charge on any atom is 0.253 e. The summed E-state index contributed by atoms with van der Waals surface area (Å²) in [6, 6.07) is 6.17. The van der Waals surface area contributed by atoms with Gasteiger partial charge in [-0.25, -0.2) is 0 Å². The summed E-state index contributed by atoms with van der Waals surface area (Å²) in [4.78, 5) is 14.3. The summed E-state index contributed by atoms with van der Waals surface area (Å²) in [6.45, 7) is 5.61. The van der Waals surface area contributed by atoms with Gasteiger partial charge in [-0.1, -0.05) is 19.9 Å². The minimum atomic E-state index is -0.188. The first-order valence-electron chi connectivity index (χ1n) is 7.19. The van der Waals surface area contributed by atoms with Crippen LogP contribution in [0.15, 0.2) is 18.2 Å². The van der Waals surface area contributed by atoms with Crippen LogP contribution in [0.3, 0.4) is 0 Å². The Hall–Kier alpha value is -1.35. The van der Waals surface area contributed by atoms with Gasteiger partial charge in [0.2, 0.25) is 0 Å². The lowest BCUT2D eigenvalue weighted by atomic mass is 9.80. The summed E-state index contributed by atoms with van der Waals surface area (Å²) >= 11 is 0. The van der Waals surface area contributed by atoms with Crippen molar-refractivity contribution in [1.82, 2.24) is 4.90 Å². The fourth-order valence-electron chi connectivity index (χ4n) is 3.06. The van der Waals surface area contributed by atoms with Crippen molar-refractivity contribution in [3.05, 3.63) is 34.9 Å². The Morgan fingerprint density at radius 2 is 1.95 bits per heavy atom. The second kappa shape index (κ2) is 4.34. The molecule has 1 fully saturated rings. The second-order valence-corrected chi connectivity index (χ2v) is 6.39. The molecule has 3 heteroatoms. The van der Waals surface area contributed by atoms with Gasteiger partial charge >= 0.3 is 0 Å². The minimum Gasteiger partial charge on any atom is -0.335 e. The van der Waals surface area contributed by atoms with Crippen LogP contribution in [0.25, 0.3) is 0 Å². The van der Waals surface area contributed by atoms with Crippen molar-refractivity contribution < 1.29 is 4.79 Å². The number of aryl methyl sites for hydroxylation is 2. The number of benzene rings is 1. The van der Waals surface area contributed by atoms with E-state index in [2.05, 4.69) is 26.0 Å². The summed E-state index contributed by atoms with van der Waals surface area (Å²) in [5, 5.41) is 0. The van der Waals surface area contributed by atoms with E-state index in [-0.39, 0.29) is 11.4 Å². The molecule has 1 aliphatic carbocycles. The van der Waals surface area contributed by atoms with E-state index in [0.717, 1.165) is 18.4 Å². The molecule has 0 radical (unpaired) electrons. The lowest BCUT2D eigenvalue weighted by Crippen LogP contribution is -2.71. The van der Waals surface area contributed by atoms with Crippen molar-refractivity contribution in [2.45, 2.75) is 38.6 Å². The number of nitrogens with two attached hydrogens (primary N) is 1. The summed E-state index contributed by atoms with van der Waals surface area (Å²) in [7, 11) is 0. The van der Waals surface area contributed by atoms with Gasteiger partial charge in [-0.3, -0.25) is 4.79 Å². The molecule has 1 amide bonds. The third-order valence-electron chi connectivity index (χ3n) is 4.75. The van der Waals surface area contributed by atoms with Gasteiger partial charge in [-0.15, -0.1) is 0 Å². The molecule has 1 heterocycles. The van der Waals surface area contributed by atoms with E-state index in [1.54, 1.807) is 0 Å². The zero-order chi connectivity index (χ0) is 13.6. The summed E-state index contributed by atoms with van der Waals surface area (Å²) in [6.07, 6.45) is 3.49. The van der Waals surface area contributed by atoms with Crippen LogP contribution in [-0.4, -0.2) is 29.4 Å². The Kier molecular flexibility index (Phi) is 2.90.